The van der Waals surface area contributed by atoms with Crippen molar-refractivity contribution in [2.75, 3.05) is 26.2 Å². The lowest BCUT2D eigenvalue weighted by Gasteiger charge is -2.25. The van der Waals surface area contributed by atoms with Gasteiger partial charge in [0.05, 0.1) is 5.92 Å². The summed E-state index contributed by atoms with van der Waals surface area (Å²) in [5.74, 6) is 0.255. The van der Waals surface area contributed by atoms with E-state index in [-0.39, 0.29) is 17.7 Å². The van der Waals surface area contributed by atoms with Crippen LogP contribution in [-0.4, -0.2) is 43.0 Å². The molecule has 0 atom stereocenters. The summed E-state index contributed by atoms with van der Waals surface area (Å²) < 4.78 is 0. The zero-order valence-corrected chi connectivity index (χ0v) is 12.9. The van der Waals surface area contributed by atoms with Gasteiger partial charge in [-0.2, -0.15) is 0 Å². The molecule has 0 spiro atoms. The molecule has 4 N–H and O–H groups in total. The molecule has 120 valence electrons. The van der Waals surface area contributed by atoms with Crippen molar-refractivity contribution in [2.24, 2.45) is 5.92 Å². The number of fused-ring (bicyclic) bond motifs is 3. The van der Waals surface area contributed by atoms with Gasteiger partial charge in [-0.05, 0) is 36.1 Å². The van der Waals surface area contributed by atoms with Gasteiger partial charge in [0.25, 0.3) is 5.91 Å². The summed E-state index contributed by atoms with van der Waals surface area (Å²) in [5.41, 5.74) is 4.12. The fraction of sp³-hybridized carbons (Fsp3) is 0.412. The van der Waals surface area contributed by atoms with Crippen molar-refractivity contribution in [1.82, 2.24) is 20.9 Å². The number of hydrogen-bond acceptors (Lipinski definition) is 3. The molecule has 2 amide bonds. The quantitative estimate of drug-likeness (QED) is 0.656. The predicted octanol–water partition coefficient (Wildman–Crippen LogP) is 0.332. The summed E-state index contributed by atoms with van der Waals surface area (Å²) >= 11 is 0. The number of carbonyl (C=O) groups is 2. The molecular weight excluding hydrogens is 292 g/mol. The Morgan fingerprint density at radius 1 is 1.30 bits per heavy atom. The first kappa shape index (κ1) is 14.3. The highest BCUT2D eigenvalue weighted by molar-refractivity contribution is 6.02. The summed E-state index contributed by atoms with van der Waals surface area (Å²) in [6, 6.07) is 3.85. The minimum atomic E-state index is 0.00564. The molecule has 0 radical (unpaired) electrons. The van der Waals surface area contributed by atoms with Gasteiger partial charge in [0.2, 0.25) is 5.91 Å². The van der Waals surface area contributed by atoms with Crippen molar-refractivity contribution in [2.45, 2.75) is 12.8 Å². The standard InChI is InChI=1S/C17H20N4O2/c22-16(11-7-18-8-11)19-5-3-10-9-21-14-2-1-13-12(15(10)14)4-6-20-17(13)23/h1-2,9,11,18,21H,3-8H2,(H,19,22)(H,20,23). The highest BCUT2D eigenvalue weighted by atomic mass is 16.2. The van der Waals surface area contributed by atoms with Crippen LogP contribution in [0.5, 0.6) is 0 Å². The van der Waals surface area contributed by atoms with Crippen molar-refractivity contribution in [3.8, 4) is 0 Å². The smallest absolute Gasteiger partial charge is 0.251 e. The van der Waals surface area contributed by atoms with Crippen molar-refractivity contribution in [1.29, 1.82) is 0 Å². The number of rotatable bonds is 4. The minimum Gasteiger partial charge on any atom is -0.361 e. The lowest BCUT2D eigenvalue weighted by molar-refractivity contribution is -0.126. The van der Waals surface area contributed by atoms with E-state index >= 15 is 0 Å². The van der Waals surface area contributed by atoms with Gasteiger partial charge < -0.3 is 20.9 Å². The zero-order valence-electron chi connectivity index (χ0n) is 12.9. The highest BCUT2D eigenvalue weighted by Gasteiger charge is 2.24. The summed E-state index contributed by atoms with van der Waals surface area (Å²) in [4.78, 5) is 27.2. The maximum absolute atomic E-state index is 12.0. The van der Waals surface area contributed by atoms with Crippen molar-refractivity contribution in [3.05, 3.63) is 35.0 Å². The predicted molar refractivity (Wildman–Crippen MR) is 87.4 cm³/mol. The summed E-state index contributed by atoms with van der Waals surface area (Å²) in [6.45, 7) is 2.86. The molecule has 2 aliphatic heterocycles. The van der Waals surface area contributed by atoms with Crippen LogP contribution < -0.4 is 16.0 Å². The molecule has 3 heterocycles. The molecule has 6 nitrogen and oxygen atoms in total. The fourth-order valence-electron chi connectivity index (χ4n) is 3.38. The Morgan fingerprint density at radius 3 is 2.96 bits per heavy atom. The molecule has 0 unspecified atom stereocenters. The average molecular weight is 312 g/mol. The summed E-state index contributed by atoms with van der Waals surface area (Å²) in [5, 5.41) is 10.1. The Kier molecular flexibility index (Phi) is 3.53. The summed E-state index contributed by atoms with van der Waals surface area (Å²) in [7, 11) is 0. The van der Waals surface area contributed by atoms with E-state index in [0.717, 1.165) is 48.0 Å². The molecule has 2 aliphatic rings. The molecule has 4 rings (SSSR count). The largest absolute Gasteiger partial charge is 0.361 e. The first-order valence-corrected chi connectivity index (χ1v) is 8.12. The lowest BCUT2D eigenvalue weighted by atomic mass is 9.94. The zero-order chi connectivity index (χ0) is 15.8. The van der Waals surface area contributed by atoms with Gasteiger partial charge in [0, 0.05) is 48.8 Å². The molecule has 2 aromatic rings. The SMILES string of the molecule is O=C1NCCc2c1ccc1[nH]cc(CCNC(=O)C3CNC3)c21. The molecular formula is C17H20N4O2. The third kappa shape index (κ3) is 2.49. The van der Waals surface area contributed by atoms with Crippen molar-refractivity contribution < 1.29 is 9.59 Å². The van der Waals surface area contributed by atoms with E-state index in [1.165, 1.54) is 5.56 Å². The van der Waals surface area contributed by atoms with Crippen LogP contribution in [0.4, 0.5) is 0 Å². The number of aromatic amines is 1. The molecule has 0 aliphatic carbocycles. The second kappa shape index (κ2) is 5.70. The Morgan fingerprint density at radius 2 is 2.17 bits per heavy atom. The van der Waals surface area contributed by atoms with E-state index in [1.807, 2.05) is 18.3 Å². The van der Waals surface area contributed by atoms with Gasteiger partial charge in [-0.25, -0.2) is 0 Å². The molecule has 0 saturated carbocycles. The first-order chi connectivity index (χ1) is 11.2. The molecule has 1 saturated heterocycles. The molecule has 6 heteroatoms. The third-order valence-corrected chi connectivity index (χ3v) is 4.79. The van der Waals surface area contributed by atoms with Gasteiger partial charge >= 0.3 is 0 Å². The van der Waals surface area contributed by atoms with E-state index < -0.39 is 0 Å². The summed E-state index contributed by atoms with van der Waals surface area (Å²) in [6.07, 6.45) is 3.61. The van der Waals surface area contributed by atoms with Gasteiger partial charge in [-0.15, -0.1) is 0 Å². The Hall–Kier alpha value is -2.34. The van der Waals surface area contributed by atoms with Crippen LogP contribution in [0.2, 0.25) is 0 Å². The number of nitrogens with one attached hydrogen (secondary N) is 4. The van der Waals surface area contributed by atoms with E-state index in [4.69, 9.17) is 0 Å². The van der Waals surface area contributed by atoms with Crippen LogP contribution in [0.1, 0.15) is 21.5 Å². The first-order valence-electron chi connectivity index (χ1n) is 8.12. The molecule has 0 bridgehead atoms. The number of carbonyl (C=O) groups excluding carboxylic acids is 2. The van der Waals surface area contributed by atoms with E-state index in [1.54, 1.807) is 0 Å². The van der Waals surface area contributed by atoms with Gasteiger partial charge in [0.1, 0.15) is 0 Å². The number of benzene rings is 1. The van der Waals surface area contributed by atoms with E-state index in [0.29, 0.717) is 13.1 Å². The number of amides is 2. The average Bonchev–Trinajstić information content (AvgIpc) is 2.89. The Bertz CT molecular complexity index is 776. The molecule has 1 aromatic carbocycles. The van der Waals surface area contributed by atoms with Crippen LogP contribution in [0.3, 0.4) is 0 Å². The molecule has 1 aromatic heterocycles. The van der Waals surface area contributed by atoms with Crippen LogP contribution in [0.25, 0.3) is 10.9 Å². The van der Waals surface area contributed by atoms with E-state index in [9.17, 15) is 9.59 Å². The Balaban J connectivity index is 1.54. The second-order valence-corrected chi connectivity index (χ2v) is 6.23. The highest BCUT2D eigenvalue weighted by Crippen LogP contribution is 2.28. The normalized spacial score (nSPS) is 17.5. The monoisotopic (exact) mass is 312 g/mol. The third-order valence-electron chi connectivity index (χ3n) is 4.79. The maximum atomic E-state index is 12.0. The van der Waals surface area contributed by atoms with Crippen LogP contribution in [0.15, 0.2) is 18.3 Å². The molecule has 1 fully saturated rings. The van der Waals surface area contributed by atoms with E-state index in [2.05, 4.69) is 20.9 Å². The van der Waals surface area contributed by atoms with Gasteiger partial charge in [-0.3, -0.25) is 9.59 Å². The van der Waals surface area contributed by atoms with Crippen LogP contribution >= 0.6 is 0 Å². The Labute approximate surface area is 134 Å². The number of hydrogen-bond donors (Lipinski definition) is 4. The van der Waals surface area contributed by atoms with Gasteiger partial charge in [-0.1, -0.05) is 0 Å². The van der Waals surface area contributed by atoms with Crippen molar-refractivity contribution >= 4 is 22.7 Å². The van der Waals surface area contributed by atoms with Gasteiger partial charge in [0.15, 0.2) is 0 Å². The van der Waals surface area contributed by atoms with Crippen LogP contribution in [0, 0.1) is 5.92 Å². The lowest BCUT2D eigenvalue weighted by Crippen LogP contribution is -2.51. The fourth-order valence-corrected chi connectivity index (χ4v) is 3.38. The molecule has 23 heavy (non-hydrogen) atoms. The number of H-pyrrole nitrogens is 1. The maximum Gasteiger partial charge on any atom is 0.251 e. The van der Waals surface area contributed by atoms with Crippen molar-refractivity contribution in [3.63, 3.8) is 0 Å². The number of aromatic nitrogens is 1. The topological polar surface area (TPSA) is 86.0 Å². The minimum absolute atomic E-state index is 0.00564. The second-order valence-electron chi connectivity index (χ2n) is 6.23. The van der Waals surface area contributed by atoms with Crippen LogP contribution in [-0.2, 0) is 17.6 Å².